The van der Waals surface area contributed by atoms with Crippen LogP contribution in [0.15, 0.2) is 35.5 Å². The fourth-order valence-corrected chi connectivity index (χ4v) is 8.05. The van der Waals surface area contributed by atoms with Crippen molar-refractivity contribution in [2.24, 2.45) is 40.4 Å². The fraction of sp³-hybridized carbons (Fsp3) is 0.731. The molecule has 0 aromatic heterocycles. The second-order valence-electron chi connectivity index (χ2n) is 10.7. The van der Waals surface area contributed by atoms with E-state index in [-0.39, 0.29) is 28.8 Å². The second kappa shape index (κ2) is 7.41. The maximum absolute atomic E-state index is 11.6. The molecular formula is C26H38O3. The Morgan fingerprint density at radius 1 is 1.28 bits per heavy atom. The topological polar surface area (TPSA) is 46.5 Å². The molecule has 2 fully saturated rings. The number of hydrogen-bond donors (Lipinski definition) is 1. The maximum Gasteiger partial charge on any atom is 0.330 e. The van der Waals surface area contributed by atoms with Crippen LogP contribution in [0, 0.1) is 40.4 Å². The summed E-state index contributed by atoms with van der Waals surface area (Å²) in [6.45, 7) is 9.67. The lowest BCUT2D eigenvalue weighted by Gasteiger charge is -2.60. The van der Waals surface area contributed by atoms with Crippen LogP contribution in [0.4, 0.5) is 0 Å². The van der Waals surface area contributed by atoms with E-state index in [9.17, 15) is 9.90 Å². The van der Waals surface area contributed by atoms with Crippen LogP contribution in [0.5, 0.6) is 0 Å². The molecule has 0 amide bonds. The first-order valence-corrected chi connectivity index (χ1v) is 11.5. The van der Waals surface area contributed by atoms with Crippen LogP contribution >= 0.6 is 0 Å². The summed E-state index contributed by atoms with van der Waals surface area (Å²) in [5, 5.41) is 10.2. The zero-order valence-electron chi connectivity index (χ0n) is 18.8. The fourth-order valence-electron chi connectivity index (χ4n) is 8.05. The summed E-state index contributed by atoms with van der Waals surface area (Å²) < 4.78 is 4.78. The standard InChI is InChI=1S/C26H38O3/c1-16(6-11-23(28)29-5)21-9-10-22-20-8-7-18-14-19(27)12-13-25(18,3)24(20)17(2)15-26(21,22)4/h6-7,9,11,16-17,19-20,22,24,27H,8,10,12-15H2,1-5H3/b11-6+/t16-,17?,19+,20+,22+,24+,25+,26-/m1/s1. The Balaban J connectivity index is 1.61. The quantitative estimate of drug-likeness (QED) is 0.390. The molecule has 4 rings (SSSR count). The van der Waals surface area contributed by atoms with Crippen LogP contribution in [-0.4, -0.2) is 24.3 Å². The molecule has 0 saturated heterocycles. The molecule has 0 aliphatic heterocycles. The monoisotopic (exact) mass is 398 g/mol. The van der Waals surface area contributed by atoms with Crippen molar-refractivity contribution in [2.75, 3.05) is 7.11 Å². The van der Waals surface area contributed by atoms with Crippen molar-refractivity contribution in [3.05, 3.63) is 35.5 Å². The number of aliphatic hydroxyl groups excluding tert-OH is 1. The first-order valence-electron chi connectivity index (χ1n) is 11.5. The summed E-state index contributed by atoms with van der Waals surface area (Å²) in [5.74, 6) is 2.80. The highest BCUT2D eigenvalue weighted by molar-refractivity contribution is 5.81. The highest BCUT2D eigenvalue weighted by atomic mass is 16.5. The molecule has 29 heavy (non-hydrogen) atoms. The lowest BCUT2D eigenvalue weighted by molar-refractivity contribution is -0.134. The van der Waals surface area contributed by atoms with Gasteiger partial charge in [0.2, 0.25) is 0 Å². The molecule has 3 heteroatoms. The van der Waals surface area contributed by atoms with Crippen LogP contribution in [0.25, 0.3) is 0 Å². The molecule has 0 spiro atoms. The van der Waals surface area contributed by atoms with Gasteiger partial charge in [-0.25, -0.2) is 4.79 Å². The van der Waals surface area contributed by atoms with E-state index in [0.29, 0.717) is 11.8 Å². The molecule has 8 atom stereocenters. The van der Waals surface area contributed by atoms with Crippen molar-refractivity contribution in [3.8, 4) is 0 Å². The van der Waals surface area contributed by atoms with E-state index in [1.807, 2.05) is 6.08 Å². The normalized spacial score (nSPS) is 45.0. The van der Waals surface area contributed by atoms with E-state index in [0.717, 1.165) is 37.5 Å². The largest absolute Gasteiger partial charge is 0.466 e. The van der Waals surface area contributed by atoms with Crippen molar-refractivity contribution in [2.45, 2.75) is 72.3 Å². The number of carbonyl (C=O) groups is 1. The van der Waals surface area contributed by atoms with E-state index < -0.39 is 0 Å². The van der Waals surface area contributed by atoms with E-state index in [1.54, 1.807) is 6.08 Å². The van der Waals surface area contributed by atoms with Gasteiger partial charge < -0.3 is 9.84 Å². The summed E-state index contributed by atoms with van der Waals surface area (Å²) in [4.78, 5) is 11.6. The molecule has 4 aliphatic rings. The molecule has 0 aromatic rings. The van der Waals surface area contributed by atoms with Crippen LogP contribution in [0.1, 0.15) is 66.2 Å². The molecular weight excluding hydrogens is 360 g/mol. The lowest BCUT2D eigenvalue weighted by atomic mass is 9.44. The van der Waals surface area contributed by atoms with E-state index >= 15 is 0 Å². The number of allylic oxidation sites excluding steroid dienone is 4. The summed E-state index contributed by atoms with van der Waals surface area (Å²) >= 11 is 0. The number of carbonyl (C=O) groups excluding carboxylic acids is 1. The highest BCUT2D eigenvalue weighted by Gasteiger charge is 2.59. The van der Waals surface area contributed by atoms with Crippen LogP contribution in [-0.2, 0) is 9.53 Å². The van der Waals surface area contributed by atoms with Gasteiger partial charge in [0.15, 0.2) is 0 Å². The zero-order valence-corrected chi connectivity index (χ0v) is 18.8. The Kier molecular flexibility index (Phi) is 5.34. The minimum absolute atomic E-state index is 0.141. The van der Waals surface area contributed by atoms with Crippen molar-refractivity contribution in [3.63, 3.8) is 0 Å². The lowest BCUT2D eigenvalue weighted by Crippen LogP contribution is -2.53. The third-order valence-electron chi connectivity index (χ3n) is 9.18. The first kappa shape index (κ1) is 20.9. The van der Waals surface area contributed by atoms with Gasteiger partial charge in [-0.15, -0.1) is 0 Å². The predicted molar refractivity (Wildman–Crippen MR) is 116 cm³/mol. The minimum atomic E-state index is -0.272. The number of fused-ring (bicyclic) bond motifs is 5. The minimum Gasteiger partial charge on any atom is -0.466 e. The molecule has 0 radical (unpaired) electrons. The number of methoxy groups -OCH3 is 1. The van der Waals surface area contributed by atoms with Gasteiger partial charge in [0.05, 0.1) is 13.2 Å². The van der Waals surface area contributed by atoms with E-state index in [1.165, 1.54) is 31.1 Å². The SMILES string of the molecule is COC(=O)/C=C/[C@@H](C)C1=CC[C@H]2[C@@H]3CC=C4C[C@@H](O)CC[C@]4(C)[C@H]3C(C)C[C@]12C. The summed E-state index contributed by atoms with van der Waals surface area (Å²) in [6, 6.07) is 0. The molecule has 4 aliphatic carbocycles. The predicted octanol–water partition coefficient (Wildman–Crippen LogP) is 5.46. The Bertz CT molecular complexity index is 762. The molecule has 1 unspecified atom stereocenters. The summed E-state index contributed by atoms with van der Waals surface area (Å²) in [5.41, 5.74) is 3.54. The zero-order chi connectivity index (χ0) is 21.0. The first-order chi connectivity index (χ1) is 13.7. The van der Waals surface area contributed by atoms with Gasteiger partial charge in [0.1, 0.15) is 0 Å². The van der Waals surface area contributed by atoms with Crippen molar-refractivity contribution in [1.82, 2.24) is 0 Å². The van der Waals surface area contributed by atoms with Gasteiger partial charge in [0.25, 0.3) is 0 Å². The number of esters is 1. The molecule has 0 aromatic carbocycles. The van der Waals surface area contributed by atoms with Crippen molar-refractivity contribution < 1.29 is 14.6 Å². The van der Waals surface area contributed by atoms with Crippen molar-refractivity contribution in [1.29, 1.82) is 0 Å². The summed E-state index contributed by atoms with van der Waals surface area (Å²) in [7, 11) is 1.43. The third kappa shape index (κ3) is 3.24. The number of aliphatic hydroxyl groups is 1. The van der Waals surface area contributed by atoms with Gasteiger partial charge in [0, 0.05) is 6.08 Å². The van der Waals surface area contributed by atoms with Gasteiger partial charge >= 0.3 is 5.97 Å². The average Bonchev–Trinajstić information content (AvgIpc) is 3.02. The van der Waals surface area contributed by atoms with Gasteiger partial charge in [-0.1, -0.05) is 57.1 Å². The van der Waals surface area contributed by atoms with Crippen LogP contribution in [0.2, 0.25) is 0 Å². The molecule has 2 saturated carbocycles. The third-order valence-corrected chi connectivity index (χ3v) is 9.18. The van der Waals surface area contributed by atoms with Crippen molar-refractivity contribution >= 4 is 5.97 Å². The number of rotatable bonds is 3. The van der Waals surface area contributed by atoms with E-state index in [2.05, 4.69) is 39.8 Å². The highest BCUT2D eigenvalue weighted by Crippen LogP contribution is 2.67. The van der Waals surface area contributed by atoms with E-state index in [4.69, 9.17) is 4.74 Å². The maximum atomic E-state index is 11.6. The molecule has 0 heterocycles. The molecule has 1 N–H and O–H groups in total. The second-order valence-corrected chi connectivity index (χ2v) is 10.7. The summed E-state index contributed by atoms with van der Waals surface area (Å²) in [6.07, 6.45) is 15.0. The number of hydrogen-bond acceptors (Lipinski definition) is 3. The molecule has 160 valence electrons. The molecule has 0 bridgehead atoms. The van der Waals surface area contributed by atoms with Gasteiger partial charge in [-0.2, -0.15) is 0 Å². The average molecular weight is 399 g/mol. The Hall–Kier alpha value is -1.35. The Labute approximate surface area is 176 Å². The van der Waals surface area contributed by atoms with Gasteiger partial charge in [-0.3, -0.25) is 0 Å². The number of ether oxygens (including phenoxy) is 1. The van der Waals surface area contributed by atoms with Crippen LogP contribution in [0.3, 0.4) is 0 Å². The molecule has 3 nitrogen and oxygen atoms in total. The van der Waals surface area contributed by atoms with Crippen LogP contribution < -0.4 is 0 Å². The Morgan fingerprint density at radius 3 is 2.76 bits per heavy atom. The van der Waals surface area contributed by atoms with Gasteiger partial charge in [-0.05, 0) is 78.9 Å². The smallest absolute Gasteiger partial charge is 0.330 e. The Morgan fingerprint density at radius 2 is 2.03 bits per heavy atom.